The smallest absolute Gasteiger partial charge is 0.232 e. The van der Waals surface area contributed by atoms with E-state index in [1.54, 1.807) is 15.9 Å². The summed E-state index contributed by atoms with van der Waals surface area (Å²) in [6.45, 7) is 8.18. The maximum atomic E-state index is 12.5. The zero-order valence-electron chi connectivity index (χ0n) is 16.5. The van der Waals surface area contributed by atoms with E-state index in [9.17, 15) is 18.0 Å². The number of para-hydroxylation sites is 1. The summed E-state index contributed by atoms with van der Waals surface area (Å²) in [5, 5.41) is 0. The second-order valence-corrected chi connectivity index (χ2v) is 9.78. The number of nitrogens with zero attached hydrogens (tertiary/aromatic N) is 3. The van der Waals surface area contributed by atoms with Gasteiger partial charge in [0.1, 0.15) is 0 Å². The number of benzene rings is 1. The Balaban J connectivity index is 2.16. The Bertz CT molecular complexity index is 778. The first-order chi connectivity index (χ1) is 12.5. The molecule has 0 unspecified atom stereocenters. The molecule has 1 aliphatic rings. The quantitative estimate of drug-likeness (QED) is 0.683. The molecule has 27 heavy (non-hydrogen) atoms. The number of piperazine rings is 1. The van der Waals surface area contributed by atoms with Gasteiger partial charge in [-0.25, -0.2) is 8.42 Å². The molecule has 0 aliphatic carbocycles. The number of rotatable bonds is 6. The second-order valence-electron chi connectivity index (χ2n) is 7.87. The fourth-order valence-electron chi connectivity index (χ4n) is 3.22. The van der Waals surface area contributed by atoms with Crippen molar-refractivity contribution in [3.63, 3.8) is 0 Å². The van der Waals surface area contributed by atoms with Crippen LogP contribution < -0.4 is 4.31 Å². The molecule has 1 saturated heterocycles. The average molecular weight is 396 g/mol. The first-order valence-corrected chi connectivity index (χ1v) is 10.9. The minimum Gasteiger partial charge on any atom is -0.342 e. The van der Waals surface area contributed by atoms with E-state index < -0.39 is 10.0 Å². The molecule has 8 heteroatoms. The van der Waals surface area contributed by atoms with E-state index in [-0.39, 0.29) is 24.3 Å². The summed E-state index contributed by atoms with van der Waals surface area (Å²) in [5.41, 5.74) is 1.31. The van der Waals surface area contributed by atoms with Crippen molar-refractivity contribution in [2.24, 2.45) is 0 Å². The lowest BCUT2D eigenvalue weighted by atomic mass is 9.86. The van der Waals surface area contributed by atoms with Crippen LogP contribution in [-0.2, 0) is 25.0 Å². The van der Waals surface area contributed by atoms with Crippen LogP contribution in [-0.4, -0.2) is 69.5 Å². The molecule has 0 N–H and O–H groups in total. The first-order valence-electron chi connectivity index (χ1n) is 9.08. The summed E-state index contributed by atoms with van der Waals surface area (Å²) in [4.78, 5) is 26.6. The van der Waals surface area contributed by atoms with Gasteiger partial charge in [0.2, 0.25) is 22.3 Å². The third-order valence-electron chi connectivity index (χ3n) is 4.73. The Morgan fingerprint density at radius 3 is 2.26 bits per heavy atom. The van der Waals surface area contributed by atoms with E-state index in [1.165, 1.54) is 10.6 Å². The Morgan fingerprint density at radius 1 is 1.15 bits per heavy atom. The molecule has 7 nitrogen and oxygen atoms in total. The highest BCUT2D eigenvalue weighted by Gasteiger charge is 2.27. The molecule has 1 aromatic carbocycles. The molecule has 0 aromatic heterocycles. The van der Waals surface area contributed by atoms with Crippen LogP contribution in [0.3, 0.4) is 0 Å². The van der Waals surface area contributed by atoms with Crippen LogP contribution in [0.15, 0.2) is 24.3 Å². The van der Waals surface area contributed by atoms with E-state index in [0.29, 0.717) is 31.9 Å². The number of carbonyl (C=O) groups excluding carboxylic acids is 2. The number of carbonyl (C=O) groups is 2. The van der Waals surface area contributed by atoms with Crippen molar-refractivity contribution in [3.05, 3.63) is 29.8 Å². The van der Waals surface area contributed by atoms with Crippen LogP contribution in [0.4, 0.5) is 5.69 Å². The van der Waals surface area contributed by atoms with E-state index in [4.69, 9.17) is 0 Å². The van der Waals surface area contributed by atoms with Gasteiger partial charge in [0.25, 0.3) is 0 Å². The van der Waals surface area contributed by atoms with Gasteiger partial charge in [-0.15, -0.1) is 0 Å². The number of anilines is 1. The zero-order valence-corrected chi connectivity index (χ0v) is 17.3. The zero-order chi connectivity index (χ0) is 20.2. The molecule has 0 bridgehead atoms. The lowest BCUT2D eigenvalue weighted by Gasteiger charge is -2.34. The van der Waals surface area contributed by atoms with Crippen LogP contribution in [0.1, 0.15) is 32.8 Å². The molecule has 0 radical (unpaired) electrons. The molecule has 2 amide bonds. The van der Waals surface area contributed by atoms with Crippen molar-refractivity contribution in [1.82, 2.24) is 9.80 Å². The fourth-order valence-corrected chi connectivity index (χ4v) is 4.16. The molecule has 0 spiro atoms. The minimum atomic E-state index is -3.53. The van der Waals surface area contributed by atoms with Gasteiger partial charge in [0.15, 0.2) is 0 Å². The van der Waals surface area contributed by atoms with Gasteiger partial charge >= 0.3 is 0 Å². The molecule has 0 atom stereocenters. The summed E-state index contributed by atoms with van der Waals surface area (Å²) < 4.78 is 26.2. The van der Waals surface area contributed by atoms with Gasteiger partial charge in [0.05, 0.1) is 11.9 Å². The Hall–Kier alpha value is -2.09. The molecule has 1 aromatic rings. The number of sulfonamides is 1. The van der Waals surface area contributed by atoms with E-state index in [2.05, 4.69) is 0 Å². The van der Waals surface area contributed by atoms with Crippen molar-refractivity contribution >= 4 is 28.0 Å². The number of amides is 2. The summed E-state index contributed by atoms with van der Waals surface area (Å²) in [7, 11) is -3.53. The van der Waals surface area contributed by atoms with Crippen LogP contribution in [0.25, 0.3) is 0 Å². The molecule has 0 saturated carbocycles. The summed E-state index contributed by atoms with van der Waals surface area (Å²) in [6, 6.07) is 7.41. The minimum absolute atomic E-state index is 0.0950. The van der Waals surface area contributed by atoms with Gasteiger partial charge in [0, 0.05) is 39.1 Å². The molecule has 2 rings (SSSR count). The van der Waals surface area contributed by atoms with Crippen molar-refractivity contribution in [2.45, 2.75) is 32.6 Å². The molecule has 150 valence electrons. The lowest BCUT2D eigenvalue weighted by Crippen LogP contribution is -2.48. The van der Waals surface area contributed by atoms with Crippen LogP contribution in [0, 0.1) is 0 Å². The predicted octanol–water partition coefficient (Wildman–Crippen LogP) is 1.44. The molecule has 1 heterocycles. The predicted molar refractivity (Wildman–Crippen MR) is 106 cm³/mol. The normalized spacial score (nSPS) is 15.6. The topological polar surface area (TPSA) is 78.0 Å². The third-order valence-corrected chi connectivity index (χ3v) is 5.91. The van der Waals surface area contributed by atoms with Crippen molar-refractivity contribution in [1.29, 1.82) is 0 Å². The van der Waals surface area contributed by atoms with Crippen LogP contribution >= 0.6 is 0 Å². The van der Waals surface area contributed by atoms with Gasteiger partial charge in [-0.1, -0.05) is 39.0 Å². The maximum Gasteiger partial charge on any atom is 0.232 e. The summed E-state index contributed by atoms with van der Waals surface area (Å²) in [5.74, 6) is -0.0950. The molecule has 1 fully saturated rings. The Kier molecular flexibility index (Phi) is 6.51. The summed E-state index contributed by atoms with van der Waals surface area (Å²) in [6.07, 6.45) is 2.06. The van der Waals surface area contributed by atoms with Crippen molar-refractivity contribution in [3.8, 4) is 0 Å². The second kappa shape index (κ2) is 8.29. The summed E-state index contributed by atoms with van der Waals surface area (Å²) >= 11 is 0. The molecule has 1 aliphatic heterocycles. The van der Waals surface area contributed by atoms with Gasteiger partial charge in [-0.05, 0) is 17.0 Å². The third kappa shape index (κ3) is 5.45. The molecular formula is C19H29N3O4S. The van der Waals surface area contributed by atoms with Gasteiger partial charge in [-0.2, -0.15) is 0 Å². The van der Waals surface area contributed by atoms with E-state index in [1.807, 2.05) is 39.0 Å². The Morgan fingerprint density at radius 2 is 1.74 bits per heavy atom. The standard InChI is InChI=1S/C19H29N3O4S/c1-19(2,3)16-7-5-6-8-17(16)22(27(4,25)26)10-9-18(24)21-13-11-20(15-23)12-14-21/h5-8,15H,9-14H2,1-4H3. The van der Waals surface area contributed by atoms with Crippen molar-refractivity contribution in [2.75, 3.05) is 43.3 Å². The highest BCUT2D eigenvalue weighted by molar-refractivity contribution is 7.92. The highest BCUT2D eigenvalue weighted by Crippen LogP contribution is 2.33. The van der Waals surface area contributed by atoms with Crippen LogP contribution in [0.5, 0.6) is 0 Å². The maximum absolute atomic E-state index is 12.5. The van der Waals surface area contributed by atoms with E-state index >= 15 is 0 Å². The first kappa shape index (κ1) is 21.2. The van der Waals surface area contributed by atoms with Gasteiger partial charge in [-0.3, -0.25) is 13.9 Å². The molecular weight excluding hydrogens is 366 g/mol. The largest absolute Gasteiger partial charge is 0.342 e. The number of hydrogen-bond acceptors (Lipinski definition) is 4. The SMILES string of the molecule is CC(C)(C)c1ccccc1N(CCC(=O)N1CCN(C=O)CC1)S(C)(=O)=O. The Labute approximate surface area is 162 Å². The fraction of sp³-hybridized carbons (Fsp3) is 0.579. The van der Waals surface area contributed by atoms with Crippen LogP contribution in [0.2, 0.25) is 0 Å². The number of hydrogen-bond donors (Lipinski definition) is 0. The lowest BCUT2D eigenvalue weighted by molar-refractivity contribution is -0.134. The van der Waals surface area contributed by atoms with E-state index in [0.717, 1.165) is 12.0 Å². The monoisotopic (exact) mass is 395 g/mol. The van der Waals surface area contributed by atoms with Crippen molar-refractivity contribution < 1.29 is 18.0 Å². The van der Waals surface area contributed by atoms with Gasteiger partial charge < -0.3 is 9.80 Å². The highest BCUT2D eigenvalue weighted by atomic mass is 32.2. The average Bonchev–Trinajstić information content (AvgIpc) is 2.60.